The van der Waals surface area contributed by atoms with Crippen molar-refractivity contribution >= 4 is 0 Å². The highest BCUT2D eigenvalue weighted by molar-refractivity contribution is 5.14. The Balaban J connectivity index is 1.78. The SMILES string of the molecule is CCC=C[C@]1(C#N)CC[C@@H](C2CCC(CCCC)CC2)CC1. The van der Waals surface area contributed by atoms with E-state index in [-0.39, 0.29) is 5.41 Å². The maximum absolute atomic E-state index is 9.58. The van der Waals surface area contributed by atoms with Crippen LogP contribution in [0.15, 0.2) is 12.2 Å². The van der Waals surface area contributed by atoms with Gasteiger partial charge in [-0.3, -0.25) is 0 Å². The van der Waals surface area contributed by atoms with Crippen molar-refractivity contribution in [1.29, 1.82) is 5.26 Å². The molecule has 0 radical (unpaired) electrons. The van der Waals surface area contributed by atoms with E-state index in [1.165, 1.54) is 57.8 Å². The van der Waals surface area contributed by atoms with Crippen molar-refractivity contribution in [1.82, 2.24) is 0 Å². The van der Waals surface area contributed by atoms with E-state index < -0.39 is 0 Å². The van der Waals surface area contributed by atoms with E-state index in [1.807, 2.05) is 0 Å². The Labute approximate surface area is 138 Å². The Hall–Kier alpha value is -0.770. The Morgan fingerprint density at radius 1 is 1.00 bits per heavy atom. The first-order valence-corrected chi connectivity index (χ1v) is 9.82. The minimum absolute atomic E-state index is 0.134. The molecule has 0 aromatic rings. The molecule has 22 heavy (non-hydrogen) atoms. The summed E-state index contributed by atoms with van der Waals surface area (Å²) in [5.41, 5.74) is -0.134. The predicted molar refractivity (Wildman–Crippen MR) is 94.4 cm³/mol. The number of nitrogens with zero attached hydrogens (tertiary/aromatic N) is 1. The zero-order chi connectivity index (χ0) is 15.8. The third-order valence-electron chi connectivity index (χ3n) is 6.34. The Morgan fingerprint density at radius 3 is 2.18 bits per heavy atom. The normalized spacial score (nSPS) is 36.3. The molecule has 0 aliphatic heterocycles. The van der Waals surface area contributed by atoms with Gasteiger partial charge in [0.1, 0.15) is 0 Å². The first-order valence-electron chi connectivity index (χ1n) is 9.82. The smallest absolute Gasteiger partial charge is 0.0753 e. The molecule has 2 fully saturated rings. The molecule has 1 nitrogen and oxygen atoms in total. The van der Waals surface area contributed by atoms with Crippen molar-refractivity contribution in [2.45, 2.75) is 90.9 Å². The monoisotopic (exact) mass is 301 g/mol. The average molecular weight is 302 g/mol. The topological polar surface area (TPSA) is 23.8 Å². The van der Waals surface area contributed by atoms with Gasteiger partial charge >= 0.3 is 0 Å². The molecule has 0 aromatic heterocycles. The van der Waals surface area contributed by atoms with Gasteiger partial charge in [-0.2, -0.15) is 5.26 Å². The fraction of sp³-hybridized carbons (Fsp3) is 0.857. The lowest BCUT2D eigenvalue weighted by atomic mass is 9.64. The van der Waals surface area contributed by atoms with Crippen LogP contribution in [-0.2, 0) is 0 Å². The summed E-state index contributed by atoms with van der Waals surface area (Å²) in [6, 6.07) is 2.62. The van der Waals surface area contributed by atoms with Crippen molar-refractivity contribution in [2.24, 2.45) is 23.2 Å². The minimum Gasteiger partial charge on any atom is -0.197 e. The summed E-state index contributed by atoms with van der Waals surface area (Å²) in [5.74, 6) is 2.89. The van der Waals surface area contributed by atoms with E-state index in [9.17, 15) is 5.26 Å². The van der Waals surface area contributed by atoms with Crippen LogP contribution in [0.5, 0.6) is 0 Å². The summed E-state index contributed by atoms with van der Waals surface area (Å²) in [5, 5.41) is 9.58. The van der Waals surface area contributed by atoms with Crippen LogP contribution in [0.2, 0.25) is 0 Å². The second-order valence-electron chi connectivity index (χ2n) is 7.84. The van der Waals surface area contributed by atoms with Crippen LogP contribution in [0.1, 0.15) is 90.9 Å². The van der Waals surface area contributed by atoms with Gasteiger partial charge in [0.15, 0.2) is 0 Å². The number of hydrogen-bond acceptors (Lipinski definition) is 1. The summed E-state index contributed by atoms with van der Waals surface area (Å²) >= 11 is 0. The van der Waals surface area contributed by atoms with Crippen LogP contribution >= 0.6 is 0 Å². The fourth-order valence-corrected chi connectivity index (χ4v) is 4.73. The Morgan fingerprint density at radius 2 is 1.64 bits per heavy atom. The minimum atomic E-state index is -0.134. The van der Waals surface area contributed by atoms with E-state index in [4.69, 9.17) is 0 Å². The maximum atomic E-state index is 9.58. The van der Waals surface area contributed by atoms with Gasteiger partial charge in [0.2, 0.25) is 0 Å². The Kier molecular flexibility index (Phi) is 7.00. The molecule has 2 aliphatic carbocycles. The van der Waals surface area contributed by atoms with E-state index in [2.05, 4.69) is 32.1 Å². The second kappa shape index (κ2) is 8.76. The van der Waals surface area contributed by atoms with Crippen molar-refractivity contribution in [3.8, 4) is 6.07 Å². The summed E-state index contributed by atoms with van der Waals surface area (Å²) in [7, 11) is 0. The highest BCUT2D eigenvalue weighted by atomic mass is 14.4. The molecule has 0 saturated heterocycles. The molecule has 2 rings (SSSR count). The van der Waals surface area contributed by atoms with Crippen LogP contribution in [0.25, 0.3) is 0 Å². The molecule has 0 amide bonds. The van der Waals surface area contributed by atoms with Crippen molar-refractivity contribution in [3.63, 3.8) is 0 Å². The molecule has 2 aliphatic rings. The van der Waals surface area contributed by atoms with Crippen LogP contribution in [0.3, 0.4) is 0 Å². The summed E-state index contributed by atoms with van der Waals surface area (Å²) in [6.45, 7) is 4.46. The summed E-state index contributed by atoms with van der Waals surface area (Å²) < 4.78 is 0. The van der Waals surface area contributed by atoms with Crippen LogP contribution in [0.4, 0.5) is 0 Å². The molecular formula is C21H35N. The maximum Gasteiger partial charge on any atom is 0.0753 e. The lowest BCUT2D eigenvalue weighted by molar-refractivity contribution is 0.136. The van der Waals surface area contributed by atoms with Gasteiger partial charge in [-0.15, -0.1) is 0 Å². The molecule has 0 spiro atoms. The number of hydrogen-bond donors (Lipinski definition) is 0. The molecule has 124 valence electrons. The van der Waals surface area contributed by atoms with Gasteiger partial charge < -0.3 is 0 Å². The zero-order valence-electron chi connectivity index (χ0n) is 14.8. The molecular weight excluding hydrogens is 266 g/mol. The molecule has 0 aromatic carbocycles. The predicted octanol–water partition coefficient (Wildman–Crippen LogP) is 6.65. The number of nitriles is 1. The number of rotatable bonds is 6. The van der Waals surface area contributed by atoms with Gasteiger partial charge in [-0.05, 0) is 62.7 Å². The van der Waals surface area contributed by atoms with Gasteiger partial charge in [-0.25, -0.2) is 0 Å². The molecule has 2 saturated carbocycles. The molecule has 0 unspecified atom stereocenters. The fourth-order valence-electron chi connectivity index (χ4n) is 4.73. The third-order valence-corrected chi connectivity index (χ3v) is 6.34. The summed E-state index contributed by atoms with van der Waals surface area (Å²) in [6.07, 6.45) is 20.3. The zero-order valence-corrected chi connectivity index (χ0v) is 14.8. The largest absolute Gasteiger partial charge is 0.197 e. The van der Waals surface area contributed by atoms with Gasteiger partial charge in [0.25, 0.3) is 0 Å². The lowest BCUT2D eigenvalue weighted by Crippen LogP contribution is -2.30. The van der Waals surface area contributed by atoms with Crippen LogP contribution in [-0.4, -0.2) is 0 Å². The molecule has 0 N–H and O–H groups in total. The standard InChI is InChI=1S/C21H35N/c1-3-5-7-18-8-10-19(11-9-18)20-12-15-21(17-22,16-13-20)14-6-4-2/h6,14,18-20H,3-5,7-13,15-16H2,1-2H3/t18?,19?,20-,21+. The van der Waals surface area contributed by atoms with E-state index >= 15 is 0 Å². The number of unbranched alkanes of at least 4 members (excludes halogenated alkanes) is 1. The lowest BCUT2D eigenvalue weighted by Gasteiger charge is -2.39. The molecule has 1 heteroatoms. The number of allylic oxidation sites excluding steroid dienone is 2. The van der Waals surface area contributed by atoms with Crippen molar-refractivity contribution in [2.75, 3.05) is 0 Å². The highest BCUT2D eigenvalue weighted by Gasteiger charge is 2.36. The second-order valence-corrected chi connectivity index (χ2v) is 7.84. The van der Waals surface area contributed by atoms with Crippen molar-refractivity contribution < 1.29 is 0 Å². The van der Waals surface area contributed by atoms with Crippen molar-refractivity contribution in [3.05, 3.63) is 12.2 Å². The van der Waals surface area contributed by atoms with Gasteiger partial charge in [0, 0.05) is 0 Å². The Bertz CT molecular complexity index is 373. The first kappa shape index (κ1) is 17.6. The quantitative estimate of drug-likeness (QED) is 0.504. The molecule has 0 atom stereocenters. The highest BCUT2D eigenvalue weighted by Crippen LogP contribution is 2.46. The van der Waals surface area contributed by atoms with Gasteiger partial charge in [-0.1, -0.05) is 58.1 Å². The molecule has 0 bridgehead atoms. The van der Waals surface area contributed by atoms with E-state index in [0.717, 1.165) is 37.0 Å². The van der Waals surface area contributed by atoms with E-state index in [0.29, 0.717) is 0 Å². The van der Waals surface area contributed by atoms with Gasteiger partial charge in [0.05, 0.1) is 11.5 Å². The first-order chi connectivity index (χ1) is 10.7. The van der Waals surface area contributed by atoms with Crippen LogP contribution in [0, 0.1) is 34.5 Å². The third kappa shape index (κ3) is 4.61. The average Bonchev–Trinajstić information content (AvgIpc) is 2.59. The molecule has 0 heterocycles. The van der Waals surface area contributed by atoms with E-state index in [1.54, 1.807) is 0 Å². The summed E-state index contributed by atoms with van der Waals surface area (Å²) in [4.78, 5) is 0. The van der Waals surface area contributed by atoms with Crippen LogP contribution < -0.4 is 0 Å².